The first-order chi connectivity index (χ1) is 15.0. The molecule has 3 aromatic rings. The number of aromatic nitrogens is 2. The third-order valence-corrected chi connectivity index (χ3v) is 5.52. The lowest BCUT2D eigenvalue weighted by molar-refractivity contribution is 0.204. The van der Waals surface area contributed by atoms with Crippen LogP contribution in [0.4, 0.5) is 9.18 Å². The number of nitrogens with one attached hydrogen (secondary N) is 1. The van der Waals surface area contributed by atoms with Crippen LogP contribution in [0.2, 0.25) is 5.02 Å². The predicted octanol–water partition coefficient (Wildman–Crippen LogP) is 5.83. The number of hydrogen-bond acceptors (Lipinski definition) is 4. The van der Waals surface area contributed by atoms with Crippen molar-refractivity contribution in [3.8, 4) is 11.4 Å². The maximum absolute atomic E-state index is 13.9. The van der Waals surface area contributed by atoms with Gasteiger partial charge in [0.1, 0.15) is 5.82 Å². The minimum atomic E-state index is -0.611. The van der Waals surface area contributed by atoms with Crippen molar-refractivity contribution in [3.63, 3.8) is 0 Å². The van der Waals surface area contributed by atoms with E-state index < -0.39 is 6.04 Å². The van der Waals surface area contributed by atoms with Gasteiger partial charge in [-0.1, -0.05) is 42.2 Å². The van der Waals surface area contributed by atoms with Crippen LogP contribution in [0.25, 0.3) is 17.0 Å². The van der Waals surface area contributed by atoms with Crippen LogP contribution in [0.3, 0.4) is 0 Å². The topological polar surface area (TPSA) is 71.3 Å². The average molecular weight is 441 g/mol. The van der Waals surface area contributed by atoms with Crippen molar-refractivity contribution >= 4 is 23.2 Å². The first kappa shape index (κ1) is 21.1. The highest BCUT2D eigenvalue weighted by Crippen LogP contribution is 2.37. The van der Waals surface area contributed by atoms with E-state index in [2.05, 4.69) is 22.4 Å². The van der Waals surface area contributed by atoms with Gasteiger partial charge in [-0.25, -0.2) is 9.18 Å². The first-order valence-corrected chi connectivity index (χ1v) is 10.5. The Morgan fingerprint density at radius 1 is 1.23 bits per heavy atom. The summed E-state index contributed by atoms with van der Waals surface area (Å²) in [6.45, 7) is 4.47. The number of nitrogens with zero attached hydrogens (tertiary/aromatic N) is 3. The first-order valence-electron chi connectivity index (χ1n) is 10.1. The van der Waals surface area contributed by atoms with Gasteiger partial charge in [0.25, 0.3) is 5.89 Å². The number of amides is 2. The number of carbonyl (C=O) groups is 1. The molecule has 1 N–H and O–H groups in total. The predicted molar refractivity (Wildman–Crippen MR) is 117 cm³/mol. The van der Waals surface area contributed by atoms with E-state index in [4.69, 9.17) is 16.1 Å². The molecule has 1 atom stereocenters. The lowest BCUT2D eigenvalue weighted by Crippen LogP contribution is -2.46. The molecule has 0 spiro atoms. The second-order valence-corrected chi connectivity index (χ2v) is 7.81. The van der Waals surface area contributed by atoms with E-state index >= 15 is 0 Å². The summed E-state index contributed by atoms with van der Waals surface area (Å²) in [5, 5.41) is 7.69. The second kappa shape index (κ2) is 8.89. The van der Waals surface area contributed by atoms with E-state index in [-0.39, 0.29) is 17.7 Å². The average Bonchev–Trinajstić information content (AvgIpc) is 3.23. The largest absolute Gasteiger partial charge is 0.334 e. The molecule has 0 aliphatic carbocycles. The number of hydrogen-bond donors (Lipinski definition) is 1. The SMILES string of the molecule is CCCCN1C(=O)NC(c2cccc(F)c2)C(c2nc(-c3ccc(Cl)cc3)no2)=C1C. The smallest absolute Gasteiger partial charge is 0.322 e. The van der Waals surface area contributed by atoms with Crippen LogP contribution in [-0.4, -0.2) is 27.6 Å². The molecule has 4 rings (SSSR count). The van der Waals surface area contributed by atoms with Gasteiger partial charge in [-0.05, 0) is 55.3 Å². The third kappa shape index (κ3) is 4.32. The zero-order chi connectivity index (χ0) is 22.0. The normalized spacial score (nSPS) is 16.6. The van der Waals surface area contributed by atoms with Gasteiger partial charge in [-0.15, -0.1) is 0 Å². The molecule has 2 amide bonds. The summed E-state index contributed by atoms with van der Waals surface area (Å²) >= 11 is 5.97. The number of benzene rings is 2. The van der Waals surface area contributed by atoms with Crippen LogP contribution in [0.5, 0.6) is 0 Å². The Labute approximate surface area is 184 Å². The van der Waals surface area contributed by atoms with Crippen molar-refractivity contribution < 1.29 is 13.7 Å². The Balaban J connectivity index is 1.80. The Bertz CT molecular complexity index is 1130. The monoisotopic (exact) mass is 440 g/mol. The number of halogens is 2. The zero-order valence-electron chi connectivity index (χ0n) is 17.2. The van der Waals surface area contributed by atoms with Gasteiger partial charge in [-0.2, -0.15) is 4.98 Å². The molecule has 2 heterocycles. The number of allylic oxidation sites excluding steroid dienone is 1. The van der Waals surface area contributed by atoms with E-state index in [1.54, 1.807) is 41.3 Å². The summed E-state index contributed by atoms with van der Waals surface area (Å²) in [5.74, 6) is 0.296. The van der Waals surface area contributed by atoms with Gasteiger partial charge in [0.2, 0.25) is 5.82 Å². The van der Waals surface area contributed by atoms with Gasteiger partial charge in [0, 0.05) is 22.8 Å². The fraction of sp³-hybridized carbons (Fsp3) is 0.261. The molecule has 0 saturated carbocycles. The highest BCUT2D eigenvalue weighted by atomic mass is 35.5. The fourth-order valence-corrected chi connectivity index (χ4v) is 3.76. The summed E-state index contributed by atoms with van der Waals surface area (Å²) in [5.41, 5.74) is 2.71. The molecule has 1 aliphatic rings. The summed E-state index contributed by atoms with van der Waals surface area (Å²) in [6.07, 6.45) is 1.80. The highest BCUT2D eigenvalue weighted by molar-refractivity contribution is 6.30. The lowest BCUT2D eigenvalue weighted by atomic mass is 9.94. The van der Waals surface area contributed by atoms with Crippen molar-refractivity contribution in [3.05, 3.63) is 76.5 Å². The third-order valence-electron chi connectivity index (χ3n) is 5.27. The molecule has 0 radical (unpaired) electrons. The minimum absolute atomic E-state index is 0.235. The Hall–Kier alpha value is -3.19. The summed E-state index contributed by atoms with van der Waals surface area (Å²) in [4.78, 5) is 19.1. The minimum Gasteiger partial charge on any atom is -0.334 e. The maximum atomic E-state index is 13.9. The van der Waals surface area contributed by atoms with Crippen LogP contribution < -0.4 is 5.32 Å². The van der Waals surface area contributed by atoms with E-state index in [9.17, 15) is 9.18 Å². The van der Waals surface area contributed by atoms with Crippen molar-refractivity contribution in [2.24, 2.45) is 0 Å². The van der Waals surface area contributed by atoms with Gasteiger partial charge in [0.15, 0.2) is 0 Å². The van der Waals surface area contributed by atoms with E-state index in [0.29, 0.717) is 34.2 Å². The van der Waals surface area contributed by atoms with Crippen LogP contribution in [-0.2, 0) is 0 Å². The Morgan fingerprint density at radius 2 is 2.00 bits per heavy atom. The molecule has 2 aromatic carbocycles. The molecule has 8 heteroatoms. The van der Waals surface area contributed by atoms with Crippen LogP contribution in [0.1, 0.15) is 44.2 Å². The van der Waals surface area contributed by atoms with E-state index in [0.717, 1.165) is 18.4 Å². The number of rotatable bonds is 6. The lowest BCUT2D eigenvalue weighted by Gasteiger charge is -2.35. The van der Waals surface area contributed by atoms with Gasteiger partial charge in [0.05, 0.1) is 11.6 Å². The maximum Gasteiger partial charge on any atom is 0.322 e. The fourth-order valence-electron chi connectivity index (χ4n) is 3.63. The van der Waals surface area contributed by atoms with Crippen molar-refractivity contribution in [1.82, 2.24) is 20.4 Å². The van der Waals surface area contributed by atoms with Crippen molar-refractivity contribution in [2.45, 2.75) is 32.7 Å². The molecule has 31 heavy (non-hydrogen) atoms. The molecule has 1 aliphatic heterocycles. The van der Waals surface area contributed by atoms with E-state index in [1.807, 2.05) is 6.92 Å². The van der Waals surface area contributed by atoms with Gasteiger partial charge in [-0.3, -0.25) is 4.90 Å². The summed E-state index contributed by atoms with van der Waals surface area (Å²) in [6, 6.07) is 12.4. The molecular formula is C23H22ClFN4O2. The van der Waals surface area contributed by atoms with Gasteiger partial charge < -0.3 is 9.84 Å². The number of urea groups is 1. The molecular weight excluding hydrogens is 419 g/mol. The summed E-state index contributed by atoms with van der Waals surface area (Å²) < 4.78 is 19.6. The van der Waals surface area contributed by atoms with Gasteiger partial charge >= 0.3 is 6.03 Å². The number of unbranched alkanes of at least 4 members (excludes halogenated alkanes) is 1. The Morgan fingerprint density at radius 3 is 2.71 bits per heavy atom. The van der Waals surface area contributed by atoms with Crippen LogP contribution in [0, 0.1) is 5.82 Å². The van der Waals surface area contributed by atoms with Crippen molar-refractivity contribution in [2.75, 3.05) is 6.54 Å². The second-order valence-electron chi connectivity index (χ2n) is 7.37. The molecule has 6 nitrogen and oxygen atoms in total. The quantitative estimate of drug-likeness (QED) is 0.523. The highest BCUT2D eigenvalue weighted by Gasteiger charge is 2.35. The zero-order valence-corrected chi connectivity index (χ0v) is 18.0. The molecule has 1 aromatic heterocycles. The van der Waals surface area contributed by atoms with Crippen LogP contribution >= 0.6 is 11.6 Å². The molecule has 0 fully saturated rings. The Kier molecular flexibility index (Phi) is 6.04. The van der Waals surface area contributed by atoms with Crippen molar-refractivity contribution in [1.29, 1.82) is 0 Å². The van der Waals surface area contributed by atoms with E-state index in [1.165, 1.54) is 12.1 Å². The molecule has 160 valence electrons. The molecule has 0 saturated heterocycles. The summed E-state index contributed by atoms with van der Waals surface area (Å²) in [7, 11) is 0. The number of carbonyl (C=O) groups excluding carboxylic acids is 1. The standard InChI is InChI=1S/C23H22ClFN4O2/c1-3-4-12-29-14(2)19(20(26-23(29)30)16-6-5-7-18(25)13-16)22-27-21(28-31-22)15-8-10-17(24)11-9-15/h5-11,13,20H,3-4,12H2,1-2H3,(H,26,30). The molecule has 0 bridgehead atoms. The van der Waals surface area contributed by atoms with Crippen LogP contribution in [0.15, 0.2) is 58.8 Å². The molecule has 1 unspecified atom stereocenters.